The highest BCUT2D eigenvalue weighted by Gasteiger charge is 2.17. The van der Waals surface area contributed by atoms with Crippen molar-refractivity contribution in [2.45, 2.75) is 38.3 Å². The lowest BCUT2D eigenvalue weighted by atomic mass is 10.2. The van der Waals surface area contributed by atoms with Gasteiger partial charge in [0.1, 0.15) is 6.61 Å². The van der Waals surface area contributed by atoms with Crippen LogP contribution in [0, 0.1) is 17.1 Å². The van der Waals surface area contributed by atoms with E-state index in [9.17, 15) is 4.39 Å². The zero-order valence-electron chi connectivity index (χ0n) is 11.6. The first-order valence-corrected chi connectivity index (χ1v) is 7.13. The van der Waals surface area contributed by atoms with E-state index in [0.717, 1.165) is 5.69 Å². The second kappa shape index (κ2) is 5.96. The van der Waals surface area contributed by atoms with Crippen LogP contribution in [0.15, 0.2) is 30.5 Å². The van der Waals surface area contributed by atoms with Crippen molar-refractivity contribution in [1.82, 2.24) is 9.78 Å². The number of rotatable bonds is 4. The molecule has 0 aliphatic heterocycles. The fourth-order valence-electron chi connectivity index (χ4n) is 2.67. The van der Waals surface area contributed by atoms with Crippen molar-refractivity contribution in [3.63, 3.8) is 0 Å². The summed E-state index contributed by atoms with van der Waals surface area (Å²) < 4.78 is 21.1. The molecule has 1 fully saturated rings. The van der Waals surface area contributed by atoms with Crippen LogP contribution in [-0.2, 0) is 6.61 Å². The van der Waals surface area contributed by atoms with E-state index in [4.69, 9.17) is 10.00 Å². The van der Waals surface area contributed by atoms with E-state index < -0.39 is 5.82 Å². The lowest BCUT2D eigenvalue weighted by Crippen LogP contribution is -2.06. The summed E-state index contributed by atoms with van der Waals surface area (Å²) in [6.07, 6.45) is 6.82. The fourth-order valence-corrected chi connectivity index (χ4v) is 2.67. The quantitative estimate of drug-likeness (QED) is 0.862. The predicted molar refractivity (Wildman–Crippen MR) is 75.2 cm³/mol. The van der Waals surface area contributed by atoms with Gasteiger partial charge in [0.2, 0.25) is 0 Å². The molecular formula is C16H16FN3O. The zero-order chi connectivity index (χ0) is 14.7. The Hall–Kier alpha value is -2.35. The molecule has 0 saturated heterocycles. The standard InChI is InChI=1S/C16H16FN3O/c17-15-9-12(10-18)5-6-16(15)21-11-13-7-8-20(19-13)14-3-1-2-4-14/h5-9,14H,1-4,11H2. The third-order valence-corrected chi connectivity index (χ3v) is 3.80. The van der Waals surface area contributed by atoms with Crippen molar-refractivity contribution in [3.8, 4) is 11.8 Å². The summed E-state index contributed by atoms with van der Waals surface area (Å²) in [5, 5.41) is 13.2. The van der Waals surface area contributed by atoms with E-state index in [1.807, 2.05) is 23.0 Å². The fraction of sp³-hybridized carbons (Fsp3) is 0.375. The third-order valence-electron chi connectivity index (χ3n) is 3.80. The van der Waals surface area contributed by atoms with Crippen molar-refractivity contribution >= 4 is 0 Å². The average Bonchev–Trinajstić information content (AvgIpc) is 3.16. The molecule has 1 heterocycles. The average molecular weight is 285 g/mol. The monoisotopic (exact) mass is 285 g/mol. The minimum atomic E-state index is -0.524. The molecule has 21 heavy (non-hydrogen) atoms. The second-order valence-corrected chi connectivity index (χ2v) is 5.27. The van der Waals surface area contributed by atoms with Crippen molar-refractivity contribution < 1.29 is 9.13 Å². The number of nitriles is 1. The highest BCUT2D eigenvalue weighted by Crippen LogP contribution is 2.28. The Morgan fingerprint density at radius 2 is 2.14 bits per heavy atom. The number of aromatic nitrogens is 2. The number of nitrogens with zero attached hydrogens (tertiary/aromatic N) is 3. The van der Waals surface area contributed by atoms with Crippen LogP contribution < -0.4 is 4.74 Å². The van der Waals surface area contributed by atoms with Gasteiger partial charge in [0, 0.05) is 6.20 Å². The maximum absolute atomic E-state index is 13.7. The van der Waals surface area contributed by atoms with Gasteiger partial charge >= 0.3 is 0 Å². The van der Waals surface area contributed by atoms with Gasteiger partial charge in [0.25, 0.3) is 0 Å². The van der Waals surface area contributed by atoms with Crippen molar-refractivity contribution in [2.24, 2.45) is 0 Å². The molecule has 3 rings (SSSR count). The Kier molecular flexibility index (Phi) is 3.87. The smallest absolute Gasteiger partial charge is 0.166 e. The molecule has 1 saturated carbocycles. The molecule has 0 amide bonds. The first-order chi connectivity index (χ1) is 10.3. The highest BCUT2D eigenvalue weighted by atomic mass is 19.1. The van der Waals surface area contributed by atoms with Gasteiger partial charge in [-0.2, -0.15) is 10.4 Å². The SMILES string of the molecule is N#Cc1ccc(OCc2ccn(C3CCCC3)n2)c(F)c1. The molecule has 1 aliphatic rings. The Balaban J connectivity index is 1.64. The van der Waals surface area contributed by atoms with Gasteiger partial charge in [0.15, 0.2) is 11.6 Å². The Morgan fingerprint density at radius 1 is 1.33 bits per heavy atom. The van der Waals surface area contributed by atoms with Crippen molar-refractivity contribution in [2.75, 3.05) is 0 Å². The molecule has 0 radical (unpaired) electrons. The van der Waals surface area contributed by atoms with Crippen LogP contribution in [0.2, 0.25) is 0 Å². The van der Waals surface area contributed by atoms with E-state index in [0.29, 0.717) is 6.04 Å². The molecule has 1 aliphatic carbocycles. The summed E-state index contributed by atoms with van der Waals surface area (Å²) in [5.41, 5.74) is 1.07. The summed E-state index contributed by atoms with van der Waals surface area (Å²) >= 11 is 0. The number of ether oxygens (including phenoxy) is 1. The van der Waals surface area contributed by atoms with Crippen molar-refractivity contribution in [3.05, 3.63) is 47.5 Å². The van der Waals surface area contributed by atoms with E-state index in [-0.39, 0.29) is 17.9 Å². The van der Waals surface area contributed by atoms with E-state index >= 15 is 0 Å². The first kappa shape index (κ1) is 13.6. The van der Waals surface area contributed by atoms with Crippen LogP contribution in [-0.4, -0.2) is 9.78 Å². The first-order valence-electron chi connectivity index (χ1n) is 7.13. The molecule has 0 unspecified atom stereocenters. The largest absolute Gasteiger partial charge is 0.484 e. The predicted octanol–water partition coefficient (Wildman–Crippen LogP) is 3.59. The summed E-state index contributed by atoms with van der Waals surface area (Å²) in [7, 11) is 0. The Bertz CT molecular complexity index is 668. The summed E-state index contributed by atoms with van der Waals surface area (Å²) in [6, 6.07) is 8.47. The van der Waals surface area contributed by atoms with Crippen LogP contribution in [0.1, 0.15) is 43.0 Å². The van der Waals surface area contributed by atoms with E-state index in [1.165, 1.54) is 43.9 Å². The van der Waals surface area contributed by atoms with Crippen LogP contribution in [0.25, 0.3) is 0 Å². The van der Waals surface area contributed by atoms with E-state index in [1.54, 1.807) is 0 Å². The maximum Gasteiger partial charge on any atom is 0.166 e. The third kappa shape index (κ3) is 3.05. The molecule has 108 valence electrons. The molecule has 1 aromatic heterocycles. The van der Waals surface area contributed by atoms with Gasteiger partial charge in [-0.25, -0.2) is 4.39 Å². The van der Waals surface area contributed by atoms with Crippen molar-refractivity contribution in [1.29, 1.82) is 5.26 Å². The van der Waals surface area contributed by atoms with Gasteiger partial charge in [-0.15, -0.1) is 0 Å². The van der Waals surface area contributed by atoms with Crippen LogP contribution >= 0.6 is 0 Å². The molecule has 2 aromatic rings. The number of hydrogen-bond acceptors (Lipinski definition) is 3. The molecular weight excluding hydrogens is 269 g/mol. The molecule has 0 atom stereocenters. The minimum absolute atomic E-state index is 0.143. The molecule has 4 nitrogen and oxygen atoms in total. The van der Waals surface area contributed by atoms with Gasteiger partial charge in [-0.05, 0) is 37.1 Å². The lowest BCUT2D eigenvalue weighted by Gasteiger charge is -2.09. The molecule has 0 N–H and O–H groups in total. The number of hydrogen-bond donors (Lipinski definition) is 0. The van der Waals surface area contributed by atoms with Gasteiger partial charge < -0.3 is 4.74 Å². The number of benzene rings is 1. The number of halogens is 1. The molecule has 5 heteroatoms. The summed E-state index contributed by atoms with van der Waals surface area (Å²) in [5.74, 6) is -0.381. The van der Waals surface area contributed by atoms with Crippen LogP contribution in [0.3, 0.4) is 0 Å². The normalized spacial score (nSPS) is 15.0. The summed E-state index contributed by atoms with van der Waals surface area (Å²) in [4.78, 5) is 0. The van der Waals surface area contributed by atoms with Crippen LogP contribution in [0.4, 0.5) is 4.39 Å². The zero-order valence-corrected chi connectivity index (χ0v) is 11.6. The Labute approximate surface area is 122 Å². The van der Waals surface area contributed by atoms with E-state index in [2.05, 4.69) is 5.10 Å². The second-order valence-electron chi connectivity index (χ2n) is 5.27. The summed E-state index contributed by atoms with van der Waals surface area (Å²) in [6.45, 7) is 0.225. The highest BCUT2D eigenvalue weighted by molar-refractivity contribution is 5.36. The van der Waals surface area contributed by atoms with Gasteiger partial charge in [-0.1, -0.05) is 12.8 Å². The Morgan fingerprint density at radius 3 is 2.86 bits per heavy atom. The molecule has 0 spiro atoms. The topological polar surface area (TPSA) is 50.8 Å². The minimum Gasteiger partial charge on any atom is -0.484 e. The van der Waals surface area contributed by atoms with Gasteiger partial charge in [0.05, 0.1) is 23.4 Å². The lowest BCUT2D eigenvalue weighted by molar-refractivity contribution is 0.283. The molecule has 1 aromatic carbocycles. The molecule has 0 bridgehead atoms. The van der Waals surface area contributed by atoms with Crippen LogP contribution in [0.5, 0.6) is 5.75 Å². The van der Waals surface area contributed by atoms with Gasteiger partial charge in [-0.3, -0.25) is 4.68 Å². The maximum atomic E-state index is 13.7.